The molecule has 0 bridgehead atoms. The Morgan fingerprint density at radius 2 is 1.87 bits per heavy atom. The molecular weight excluding hydrogens is 404 g/mol. The van der Waals surface area contributed by atoms with Gasteiger partial charge in [0.25, 0.3) is 5.91 Å². The first-order valence-corrected chi connectivity index (χ1v) is 9.71. The van der Waals surface area contributed by atoms with Crippen LogP contribution in [0.1, 0.15) is 21.9 Å². The summed E-state index contributed by atoms with van der Waals surface area (Å²) in [5, 5.41) is 1.53. The minimum absolute atomic E-state index is 0.192. The normalized spacial score (nSPS) is 10.9. The van der Waals surface area contributed by atoms with E-state index in [-0.39, 0.29) is 30.4 Å². The third-order valence-electron chi connectivity index (χ3n) is 4.66. The number of hydrogen-bond donors (Lipinski definition) is 1. The summed E-state index contributed by atoms with van der Waals surface area (Å²) in [6, 6.07) is 19.3. The van der Waals surface area contributed by atoms with Gasteiger partial charge in [0.1, 0.15) is 18.1 Å². The Kier molecular flexibility index (Phi) is 5.59. The van der Waals surface area contributed by atoms with Crippen molar-refractivity contribution < 1.29 is 13.9 Å². The highest BCUT2D eigenvalue weighted by atomic mass is 35.5. The molecule has 0 saturated carbocycles. The number of carbonyl (C=O) groups is 1. The molecule has 2 aromatic carbocycles. The molecule has 0 spiro atoms. The number of carbonyl (C=O) groups excluding carboxylic acids is 1. The van der Waals surface area contributed by atoms with E-state index in [0.29, 0.717) is 16.5 Å². The van der Waals surface area contributed by atoms with Crippen LogP contribution in [0.5, 0.6) is 5.75 Å². The van der Waals surface area contributed by atoms with Crippen LogP contribution in [0.25, 0.3) is 10.9 Å². The predicted octanol–water partition coefficient (Wildman–Crippen LogP) is 4.63. The Morgan fingerprint density at radius 1 is 1.10 bits per heavy atom. The molecule has 152 valence electrons. The lowest BCUT2D eigenvalue weighted by molar-refractivity contribution is 0.0750. The molecule has 6 nitrogen and oxygen atoms in total. The van der Waals surface area contributed by atoms with Crippen molar-refractivity contribution >= 4 is 28.4 Å². The smallest absolute Gasteiger partial charge is 0.289 e. The van der Waals surface area contributed by atoms with Gasteiger partial charge in [0.05, 0.1) is 0 Å². The maximum atomic E-state index is 12.8. The van der Waals surface area contributed by atoms with E-state index in [1.807, 2.05) is 24.3 Å². The topological polar surface area (TPSA) is 75.5 Å². The van der Waals surface area contributed by atoms with Gasteiger partial charge in [-0.05, 0) is 48.0 Å². The lowest BCUT2D eigenvalue weighted by atomic mass is 10.1. The molecule has 2 heterocycles. The van der Waals surface area contributed by atoms with Crippen molar-refractivity contribution in [3.8, 4) is 5.75 Å². The van der Waals surface area contributed by atoms with Crippen LogP contribution in [-0.4, -0.2) is 22.8 Å². The van der Waals surface area contributed by atoms with Crippen molar-refractivity contribution in [2.75, 3.05) is 7.05 Å². The van der Waals surface area contributed by atoms with E-state index in [2.05, 4.69) is 4.98 Å². The molecule has 1 amide bonds. The second-order valence-corrected chi connectivity index (χ2v) is 7.31. The standard InChI is InChI=1S/C23H19ClN2O4/c1-26(13-15-12-22(27)25-20-5-3-2-4-19(15)20)23(28)21-11-10-18(30-21)14-29-17-8-6-16(24)7-9-17/h2-12H,13-14H2,1H3,(H,25,27). The first-order valence-electron chi connectivity index (χ1n) is 9.33. The zero-order valence-electron chi connectivity index (χ0n) is 16.2. The Bertz CT molecular complexity index is 1240. The summed E-state index contributed by atoms with van der Waals surface area (Å²) >= 11 is 5.86. The molecule has 0 aliphatic rings. The summed E-state index contributed by atoms with van der Waals surface area (Å²) in [4.78, 5) is 29.0. The molecule has 0 unspecified atom stereocenters. The molecular formula is C23H19ClN2O4. The van der Waals surface area contributed by atoms with E-state index in [1.165, 1.54) is 11.0 Å². The van der Waals surface area contributed by atoms with Gasteiger partial charge in [-0.1, -0.05) is 29.8 Å². The maximum Gasteiger partial charge on any atom is 0.289 e. The number of fused-ring (bicyclic) bond motifs is 1. The summed E-state index contributed by atoms with van der Waals surface area (Å²) in [6.07, 6.45) is 0. The Balaban J connectivity index is 1.45. The highest BCUT2D eigenvalue weighted by molar-refractivity contribution is 6.30. The van der Waals surface area contributed by atoms with Crippen LogP contribution in [0.2, 0.25) is 5.02 Å². The number of aromatic nitrogens is 1. The maximum absolute atomic E-state index is 12.8. The van der Waals surface area contributed by atoms with Crippen LogP contribution < -0.4 is 10.3 Å². The monoisotopic (exact) mass is 422 g/mol. The number of halogens is 1. The van der Waals surface area contributed by atoms with Crippen molar-refractivity contribution in [3.05, 3.63) is 99.2 Å². The van der Waals surface area contributed by atoms with Gasteiger partial charge in [0.2, 0.25) is 5.56 Å². The van der Waals surface area contributed by atoms with Crippen LogP contribution in [-0.2, 0) is 13.2 Å². The number of para-hydroxylation sites is 1. The number of rotatable bonds is 6. The van der Waals surface area contributed by atoms with E-state index in [9.17, 15) is 9.59 Å². The molecule has 2 aromatic heterocycles. The average molecular weight is 423 g/mol. The summed E-state index contributed by atoms with van der Waals surface area (Å²) in [5.74, 6) is 1.11. The number of furan rings is 1. The van der Waals surface area contributed by atoms with E-state index in [1.54, 1.807) is 43.4 Å². The third-order valence-corrected chi connectivity index (χ3v) is 4.91. The number of nitrogens with zero attached hydrogens (tertiary/aromatic N) is 1. The molecule has 7 heteroatoms. The van der Waals surface area contributed by atoms with E-state index >= 15 is 0 Å². The summed E-state index contributed by atoms with van der Waals surface area (Å²) in [6.45, 7) is 0.470. The van der Waals surface area contributed by atoms with Crippen LogP contribution in [0, 0.1) is 0 Å². The fourth-order valence-electron chi connectivity index (χ4n) is 3.18. The van der Waals surface area contributed by atoms with Crippen LogP contribution in [0.4, 0.5) is 0 Å². The fourth-order valence-corrected chi connectivity index (χ4v) is 3.30. The first kappa shape index (κ1) is 19.8. The zero-order chi connectivity index (χ0) is 21.1. The number of pyridine rings is 1. The van der Waals surface area contributed by atoms with Crippen LogP contribution in [0.3, 0.4) is 0 Å². The number of hydrogen-bond acceptors (Lipinski definition) is 4. The molecule has 0 radical (unpaired) electrons. The fraction of sp³-hybridized carbons (Fsp3) is 0.130. The second kappa shape index (κ2) is 8.47. The van der Waals surface area contributed by atoms with Gasteiger partial charge in [0.15, 0.2) is 5.76 Å². The molecule has 4 aromatic rings. The minimum atomic E-state index is -0.280. The van der Waals surface area contributed by atoms with Crippen molar-refractivity contribution in [1.29, 1.82) is 0 Å². The summed E-state index contributed by atoms with van der Waals surface area (Å²) in [5.41, 5.74) is 1.30. The molecule has 30 heavy (non-hydrogen) atoms. The van der Waals surface area contributed by atoms with Gasteiger partial charge in [0, 0.05) is 35.6 Å². The van der Waals surface area contributed by atoms with Gasteiger partial charge >= 0.3 is 0 Å². The van der Waals surface area contributed by atoms with Gasteiger partial charge < -0.3 is 19.0 Å². The second-order valence-electron chi connectivity index (χ2n) is 6.87. The largest absolute Gasteiger partial charge is 0.486 e. The number of aromatic amines is 1. The van der Waals surface area contributed by atoms with Crippen molar-refractivity contribution in [2.24, 2.45) is 0 Å². The Labute approximate surface area is 177 Å². The highest BCUT2D eigenvalue weighted by Gasteiger charge is 2.18. The van der Waals surface area contributed by atoms with Gasteiger partial charge in [-0.2, -0.15) is 0 Å². The third kappa shape index (κ3) is 4.39. The highest BCUT2D eigenvalue weighted by Crippen LogP contribution is 2.20. The van der Waals surface area contributed by atoms with E-state index < -0.39 is 0 Å². The van der Waals surface area contributed by atoms with Gasteiger partial charge in [-0.3, -0.25) is 9.59 Å². The van der Waals surface area contributed by atoms with Gasteiger partial charge in [-0.25, -0.2) is 0 Å². The Hall–Kier alpha value is -3.51. The van der Waals surface area contributed by atoms with Crippen LogP contribution >= 0.6 is 11.6 Å². The Morgan fingerprint density at radius 3 is 2.67 bits per heavy atom. The van der Waals surface area contributed by atoms with Crippen molar-refractivity contribution in [2.45, 2.75) is 13.2 Å². The summed E-state index contributed by atoms with van der Waals surface area (Å²) < 4.78 is 11.3. The number of amides is 1. The number of nitrogens with one attached hydrogen (secondary N) is 1. The van der Waals surface area contributed by atoms with E-state index in [4.69, 9.17) is 20.8 Å². The number of benzene rings is 2. The predicted molar refractivity (Wildman–Crippen MR) is 115 cm³/mol. The molecule has 0 saturated heterocycles. The molecule has 4 rings (SSSR count). The SMILES string of the molecule is CN(Cc1cc(=O)[nH]c2ccccc12)C(=O)c1ccc(COc2ccc(Cl)cc2)o1. The molecule has 1 N–H and O–H groups in total. The lowest BCUT2D eigenvalue weighted by Gasteiger charge is -2.17. The van der Waals surface area contributed by atoms with Crippen molar-refractivity contribution in [3.63, 3.8) is 0 Å². The number of H-pyrrole nitrogens is 1. The quantitative estimate of drug-likeness (QED) is 0.491. The zero-order valence-corrected chi connectivity index (χ0v) is 17.0. The van der Waals surface area contributed by atoms with Crippen LogP contribution in [0.15, 0.2) is 75.9 Å². The van der Waals surface area contributed by atoms with E-state index in [0.717, 1.165) is 16.5 Å². The first-order chi connectivity index (χ1) is 14.5. The average Bonchev–Trinajstić information content (AvgIpc) is 3.21. The minimum Gasteiger partial charge on any atom is -0.486 e. The molecule has 0 atom stereocenters. The van der Waals surface area contributed by atoms with Gasteiger partial charge in [-0.15, -0.1) is 0 Å². The summed E-state index contributed by atoms with van der Waals surface area (Å²) in [7, 11) is 1.67. The molecule has 0 aliphatic heterocycles. The van der Waals surface area contributed by atoms with Crippen molar-refractivity contribution in [1.82, 2.24) is 9.88 Å². The molecule has 0 aliphatic carbocycles. The lowest BCUT2D eigenvalue weighted by Crippen LogP contribution is -2.26. The molecule has 0 fully saturated rings. The number of ether oxygens (including phenoxy) is 1.